The standard InChI is InChI=1S/C15H14N4S.C4H10/c20-15-13(10-4-2-1-3-5-10)14-17-9-11-8-16-7-6-12(11)19(14)18-15;1-3-4-2/h1-5,9,16H,6-8H2,(H,18,20);3-4H2,1-2H3. The van der Waals surface area contributed by atoms with E-state index in [1.165, 1.54) is 24.1 Å². The lowest BCUT2D eigenvalue weighted by molar-refractivity contribution is 0.610. The highest BCUT2D eigenvalue weighted by molar-refractivity contribution is 7.71. The van der Waals surface area contributed by atoms with Gasteiger partial charge in [0.2, 0.25) is 0 Å². The molecule has 1 aliphatic rings. The third-order valence-corrected chi connectivity index (χ3v) is 4.57. The lowest BCUT2D eigenvalue weighted by Gasteiger charge is -2.17. The van der Waals surface area contributed by atoms with Crippen LogP contribution in [0.2, 0.25) is 0 Å². The molecule has 3 heterocycles. The van der Waals surface area contributed by atoms with Gasteiger partial charge in [0.05, 0.1) is 5.56 Å². The largest absolute Gasteiger partial charge is 0.312 e. The Morgan fingerprint density at radius 2 is 1.92 bits per heavy atom. The van der Waals surface area contributed by atoms with Crippen molar-refractivity contribution >= 4 is 17.9 Å². The molecule has 4 nitrogen and oxygen atoms in total. The number of hydrogen-bond acceptors (Lipinski definition) is 3. The number of rotatable bonds is 2. The highest BCUT2D eigenvalue weighted by Crippen LogP contribution is 2.26. The molecule has 0 unspecified atom stereocenters. The van der Waals surface area contributed by atoms with Gasteiger partial charge in [-0.3, -0.25) is 5.10 Å². The van der Waals surface area contributed by atoms with E-state index >= 15 is 0 Å². The van der Waals surface area contributed by atoms with Crippen LogP contribution in [0.5, 0.6) is 0 Å². The van der Waals surface area contributed by atoms with Crippen molar-refractivity contribution in [3.8, 4) is 11.1 Å². The van der Waals surface area contributed by atoms with Crippen LogP contribution in [0.15, 0.2) is 36.5 Å². The Labute approximate surface area is 147 Å². The van der Waals surface area contributed by atoms with Crippen molar-refractivity contribution in [3.63, 3.8) is 0 Å². The van der Waals surface area contributed by atoms with Crippen molar-refractivity contribution in [2.45, 2.75) is 39.7 Å². The van der Waals surface area contributed by atoms with Gasteiger partial charge in [0.15, 0.2) is 5.65 Å². The molecule has 0 atom stereocenters. The summed E-state index contributed by atoms with van der Waals surface area (Å²) in [6, 6.07) is 10.2. The molecule has 0 spiro atoms. The summed E-state index contributed by atoms with van der Waals surface area (Å²) in [6.07, 6.45) is 5.59. The summed E-state index contributed by atoms with van der Waals surface area (Å²) < 4.78 is 2.80. The minimum Gasteiger partial charge on any atom is -0.312 e. The van der Waals surface area contributed by atoms with Crippen molar-refractivity contribution < 1.29 is 0 Å². The molecule has 0 fully saturated rings. The fourth-order valence-corrected chi connectivity index (χ4v) is 3.11. The topological polar surface area (TPSA) is 45.1 Å². The molecule has 2 aromatic heterocycles. The molecule has 0 radical (unpaired) electrons. The lowest BCUT2D eigenvalue weighted by Crippen LogP contribution is -2.26. The minimum atomic E-state index is 0.746. The highest BCUT2D eigenvalue weighted by Gasteiger charge is 2.17. The lowest BCUT2D eigenvalue weighted by atomic mass is 10.1. The van der Waals surface area contributed by atoms with Crippen LogP contribution in [0.25, 0.3) is 16.8 Å². The van der Waals surface area contributed by atoms with Gasteiger partial charge < -0.3 is 5.32 Å². The SMILES string of the molecule is CCCC.S=c1[nH]n2c3c(cnc2c1-c1ccccc1)CNCC3. The third kappa shape index (κ3) is 3.28. The first-order valence-corrected chi connectivity index (χ1v) is 9.04. The maximum absolute atomic E-state index is 5.51. The predicted molar refractivity (Wildman–Crippen MR) is 102 cm³/mol. The van der Waals surface area contributed by atoms with Gasteiger partial charge in [0, 0.05) is 37.0 Å². The number of aromatic amines is 1. The summed E-state index contributed by atoms with van der Waals surface area (Å²) in [5.41, 5.74) is 5.56. The van der Waals surface area contributed by atoms with Gasteiger partial charge in [-0.15, -0.1) is 0 Å². The average Bonchev–Trinajstić information content (AvgIpc) is 2.99. The molecule has 3 aromatic rings. The molecule has 24 heavy (non-hydrogen) atoms. The monoisotopic (exact) mass is 340 g/mol. The van der Waals surface area contributed by atoms with E-state index in [0.29, 0.717) is 0 Å². The first-order chi connectivity index (χ1) is 11.8. The van der Waals surface area contributed by atoms with Crippen LogP contribution in [-0.4, -0.2) is 21.1 Å². The number of nitrogens with one attached hydrogen (secondary N) is 2. The molecular weight excluding hydrogens is 316 g/mol. The number of H-pyrrole nitrogens is 1. The van der Waals surface area contributed by atoms with E-state index in [2.05, 4.69) is 45.9 Å². The second kappa shape index (κ2) is 7.73. The van der Waals surface area contributed by atoms with Crippen LogP contribution in [0, 0.1) is 4.64 Å². The Balaban J connectivity index is 0.000000383. The first-order valence-electron chi connectivity index (χ1n) is 8.63. The van der Waals surface area contributed by atoms with E-state index in [0.717, 1.165) is 40.9 Å². The Morgan fingerprint density at radius 1 is 1.17 bits per heavy atom. The molecule has 0 saturated carbocycles. The zero-order valence-electron chi connectivity index (χ0n) is 14.3. The molecule has 0 bridgehead atoms. The maximum Gasteiger partial charge on any atom is 0.162 e. The van der Waals surface area contributed by atoms with E-state index in [1.807, 2.05) is 24.4 Å². The average molecular weight is 340 g/mol. The van der Waals surface area contributed by atoms with Crippen LogP contribution in [-0.2, 0) is 13.0 Å². The summed E-state index contributed by atoms with van der Waals surface area (Å²) in [7, 11) is 0. The van der Waals surface area contributed by atoms with Crippen molar-refractivity contribution in [3.05, 3.63) is 52.4 Å². The molecule has 0 aliphatic carbocycles. The Hall–Kier alpha value is -1.98. The second-order valence-corrected chi connectivity index (χ2v) is 6.41. The predicted octanol–water partition coefficient (Wildman–Crippen LogP) is 4.51. The fourth-order valence-electron chi connectivity index (χ4n) is 2.81. The van der Waals surface area contributed by atoms with Gasteiger partial charge in [-0.05, 0) is 5.56 Å². The quantitative estimate of drug-likeness (QED) is 0.675. The number of benzene rings is 1. The van der Waals surface area contributed by atoms with E-state index in [-0.39, 0.29) is 0 Å². The van der Waals surface area contributed by atoms with E-state index in [9.17, 15) is 0 Å². The van der Waals surface area contributed by atoms with Gasteiger partial charge in [-0.25, -0.2) is 9.50 Å². The van der Waals surface area contributed by atoms with Gasteiger partial charge in [-0.2, -0.15) is 0 Å². The molecule has 0 saturated heterocycles. The van der Waals surface area contributed by atoms with Crippen LogP contribution in [0.3, 0.4) is 0 Å². The molecule has 126 valence electrons. The normalized spacial score (nSPS) is 13.2. The van der Waals surface area contributed by atoms with Crippen molar-refractivity contribution in [2.75, 3.05) is 6.54 Å². The summed E-state index contributed by atoms with van der Waals surface area (Å²) in [5.74, 6) is 0. The van der Waals surface area contributed by atoms with Crippen LogP contribution < -0.4 is 5.32 Å². The van der Waals surface area contributed by atoms with Crippen LogP contribution in [0.1, 0.15) is 37.9 Å². The highest BCUT2D eigenvalue weighted by atomic mass is 32.1. The summed E-state index contributed by atoms with van der Waals surface area (Å²) in [6.45, 7) is 6.23. The van der Waals surface area contributed by atoms with Crippen molar-refractivity contribution in [2.24, 2.45) is 0 Å². The molecule has 1 aliphatic heterocycles. The summed E-state index contributed by atoms with van der Waals surface area (Å²) >= 11 is 5.51. The third-order valence-electron chi connectivity index (χ3n) is 4.28. The van der Waals surface area contributed by atoms with E-state index < -0.39 is 0 Å². The zero-order chi connectivity index (χ0) is 16.9. The molecule has 2 N–H and O–H groups in total. The first kappa shape index (κ1) is 16.9. The summed E-state index contributed by atoms with van der Waals surface area (Å²) in [4.78, 5) is 4.62. The minimum absolute atomic E-state index is 0.746. The molecule has 0 amide bonds. The number of unbranched alkanes of at least 4 members (excludes halogenated alkanes) is 1. The van der Waals surface area contributed by atoms with Crippen LogP contribution >= 0.6 is 12.2 Å². The van der Waals surface area contributed by atoms with Crippen molar-refractivity contribution in [1.82, 2.24) is 19.9 Å². The van der Waals surface area contributed by atoms with Gasteiger partial charge in [0.25, 0.3) is 0 Å². The zero-order valence-corrected chi connectivity index (χ0v) is 15.1. The van der Waals surface area contributed by atoms with Gasteiger partial charge >= 0.3 is 0 Å². The van der Waals surface area contributed by atoms with E-state index in [4.69, 9.17) is 12.2 Å². The Kier molecular flexibility index (Phi) is 5.43. The van der Waals surface area contributed by atoms with Gasteiger partial charge in [0.1, 0.15) is 4.64 Å². The van der Waals surface area contributed by atoms with E-state index in [1.54, 1.807) is 0 Å². The smallest absolute Gasteiger partial charge is 0.162 e. The van der Waals surface area contributed by atoms with Crippen molar-refractivity contribution in [1.29, 1.82) is 0 Å². The summed E-state index contributed by atoms with van der Waals surface area (Å²) in [5, 5.41) is 6.66. The fraction of sp³-hybridized carbons (Fsp3) is 0.368. The number of nitrogens with zero attached hydrogens (tertiary/aromatic N) is 2. The van der Waals surface area contributed by atoms with Gasteiger partial charge in [-0.1, -0.05) is 69.2 Å². The molecule has 1 aromatic carbocycles. The number of fused-ring (bicyclic) bond motifs is 3. The number of hydrogen-bond donors (Lipinski definition) is 2. The van der Waals surface area contributed by atoms with Crippen LogP contribution in [0.4, 0.5) is 0 Å². The second-order valence-electron chi connectivity index (χ2n) is 6.00. The number of aromatic nitrogens is 3. The molecule has 4 rings (SSSR count). The maximum atomic E-state index is 5.51. The molecule has 5 heteroatoms. The Bertz CT molecular complexity index is 862. The Morgan fingerprint density at radius 3 is 2.62 bits per heavy atom. The molecular formula is C19H24N4S.